The van der Waals surface area contributed by atoms with Crippen LogP contribution in [0.15, 0.2) is 36.4 Å². The molecule has 254 valence electrons. The normalized spacial score (nSPS) is 27.8. The highest BCUT2D eigenvalue weighted by atomic mass is 19.3. The Morgan fingerprint density at radius 2 is 1.79 bits per heavy atom. The molecule has 1 saturated heterocycles. The van der Waals surface area contributed by atoms with Crippen molar-refractivity contribution in [2.45, 2.75) is 108 Å². The number of alkyl carbamates (subject to hydrolysis) is 1. The number of hydrogen-bond donors (Lipinski definition) is 3. The molecule has 0 radical (unpaired) electrons. The fourth-order valence-corrected chi connectivity index (χ4v) is 6.11. The number of amides is 3. The van der Waals surface area contributed by atoms with Crippen molar-refractivity contribution in [3.63, 3.8) is 0 Å². The second kappa shape index (κ2) is 13.0. The number of carboxylic acids is 1. The van der Waals surface area contributed by atoms with Crippen molar-refractivity contribution in [3.8, 4) is 5.88 Å². The van der Waals surface area contributed by atoms with Crippen molar-refractivity contribution in [2.24, 2.45) is 5.92 Å². The zero-order valence-electron chi connectivity index (χ0n) is 26.9. The van der Waals surface area contributed by atoms with Gasteiger partial charge in [0.15, 0.2) is 5.69 Å². The van der Waals surface area contributed by atoms with Crippen LogP contribution in [0.1, 0.15) is 78.3 Å². The molecule has 5 atom stereocenters. The number of carboxylic acid groups (broad SMARTS) is 1. The predicted octanol–water partition coefficient (Wildman–Crippen LogP) is 4.46. The fourth-order valence-electron chi connectivity index (χ4n) is 6.11. The first kappa shape index (κ1) is 34.0. The monoisotopic (exact) mass is 657 g/mol. The first-order chi connectivity index (χ1) is 22.1. The van der Waals surface area contributed by atoms with E-state index in [1.807, 2.05) is 6.08 Å². The van der Waals surface area contributed by atoms with E-state index in [1.165, 1.54) is 4.90 Å². The first-order valence-electron chi connectivity index (χ1n) is 15.9. The van der Waals surface area contributed by atoms with E-state index in [-0.39, 0.29) is 31.3 Å². The van der Waals surface area contributed by atoms with E-state index in [0.29, 0.717) is 25.3 Å². The van der Waals surface area contributed by atoms with Crippen LogP contribution in [0.5, 0.6) is 5.88 Å². The minimum Gasteiger partial charge on any atom is -0.479 e. The van der Waals surface area contributed by atoms with Gasteiger partial charge >= 0.3 is 12.1 Å². The van der Waals surface area contributed by atoms with Gasteiger partial charge in [-0.15, -0.1) is 0 Å². The van der Waals surface area contributed by atoms with Gasteiger partial charge < -0.3 is 30.1 Å². The third-order valence-corrected chi connectivity index (χ3v) is 8.54. The molecule has 47 heavy (non-hydrogen) atoms. The van der Waals surface area contributed by atoms with Gasteiger partial charge in [-0.2, -0.15) is 8.78 Å². The number of carbonyl (C=O) groups is 4. The van der Waals surface area contributed by atoms with E-state index in [0.717, 1.165) is 12.8 Å². The van der Waals surface area contributed by atoms with E-state index in [2.05, 4.69) is 20.6 Å². The average molecular weight is 658 g/mol. The molecule has 1 aromatic carbocycles. The molecule has 1 unspecified atom stereocenters. The maximum atomic E-state index is 14.7. The Hall–Kier alpha value is -4.36. The standard InChI is InChI=1S/C33H41F2N5O7/c1-31(2,3)47-30(45)38-23-15-9-7-5-6-8-12-19-17-33(19,29(43)44)39-26(41)24-16-20(18-40(24)28(23)42)46-27-25(32(4,34)35)36-21-13-10-11-14-22(21)37-27/h8,10-14,19-20,23-24H,5-7,9,15-18H2,1-4H3,(H,38,45)(H,39,41)(H,43,44)/b12-8-/t19?,20-,23+,24+,33-/m1/s1. The molecular weight excluding hydrogens is 616 g/mol. The van der Waals surface area contributed by atoms with E-state index < -0.39 is 76.6 Å². The molecule has 1 aliphatic carbocycles. The summed E-state index contributed by atoms with van der Waals surface area (Å²) in [5, 5.41) is 15.4. The molecule has 2 fully saturated rings. The van der Waals surface area contributed by atoms with Crippen molar-refractivity contribution in [2.75, 3.05) is 6.54 Å². The summed E-state index contributed by atoms with van der Waals surface area (Å²) in [5.74, 6) is -6.80. The maximum absolute atomic E-state index is 14.7. The molecule has 5 rings (SSSR count). The highest BCUT2D eigenvalue weighted by molar-refractivity contribution is 5.96. The zero-order chi connectivity index (χ0) is 34.1. The van der Waals surface area contributed by atoms with Gasteiger partial charge in [-0.3, -0.25) is 9.59 Å². The molecule has 2 aromatic rings. The van der Waals surface area contributed by atoms with Crippen molar-refractivity contribution in [3.05, 3.63) is 42.1 Å². The Morgan fingerprint density at radius 1 is 1.09 bits per heavy atom. The number of carbonyl (C=O) groups excluding carboxylic acids is 3. The summed E-state index contributed by atoms with van der Waals surface area (Å²) in [6, 6.07) is 4.18. The minimum atomic E-state index is -3.42. The lowest BCUT2D eigenvalue weighted by molar-refractivity contribution is -0.145. The van der Waals surface area contributed by atoms with E-state index in [9.17, 15) is 33.1 Å². The third-order valence-electron chi connectivity index (χ3n) is 8.54. The lowest BCUT2D eigenvalue weighted by atomic mass is 10.0. The van der Waals surface area contributed by atoms with Crippen LogP contribution in [0.3, 0.4) is 0 Å². The molecule has 0 spiro atoms. The number of nitrogens with zero attached hydrogens (tertiary/aromatic N) is 3. The van der Waals surface area contributed by atoms with Gasteiger partial charge in [-0.05, 0) is 58.6 Å². The molecule has 3 N–H and O–H groups in total. The Bertz CT molecular complexity index is 1570. The van der Waals surface area contributed by atoms with Gasteiger partial charge in [0.1, 0.15) is 29.3 Å². The van der Waals surface area contributed by atoms with Crippen LogP contribution >= 0.6 is 0 Å². The molecule has 3 amide bonds. The fraction of sp³-hybridized carbons (Fsp3) is 0.576. The Kier molecular flexibility index (Phi) is 9.43. The number of aromatic nitrogens is 2. The van der Waals surface area contributed by atoms with E-state index >= 15 is 0 Å². The predicted molar refractivity (Wildman–Crippen MR) is 166 cm³/mol. The van der Waals surface area contributed by atoms with Gasteiger partial charge in [0.2, 0.25) is 17.7 Å². The van der Waals surface area contributed by atoms with Crippen LogP contribution in [0.2, 0.25) is 0 Å². The quantitative estimate of drug-likeness (QED) is 0.395. The van der Waals surface area contributed by atoms with E-state index in [4.69, 9.17) is 9.47 Å². The number of para-hydroxylation sites is 2. The van der Waals surface area contributed by atoms with Gasteiger partial charge in [0, 0.05) is 19.3 Å². The smallest absolute Gasteiger partial charge is 0.408 e. The van der Waals surface area contributed by atoms with Crippen molar-refractivity contribution >= 4 is 34.9 Å². The largest absolute Gasteiger partial charge is 0.479 e. The maximum Gasteiger partial charge on any atom is 0.408 e. The Labute approximate surface area is 271 Å². The van der Waals surface area contributed by atoms with Crippen molar-refractivity contribution in [1.29, 1.82) is 0 Å². The Morgan fingerprint density at radius 3 is 2.45 bits per heavy atom. The van der Waals surface area contributed by atoms with Crippen LogP contribution in [-0.2, 0) is 25.0 Å². The number of aliphatic carboxylic acids is 1. The number of benzene rings is 1. The number of hydrogen-bond acceptors (Lipinski definition) is 8. The average Bonchev–Trinajstić information content (AvgIpc) is 3.51. The molecule has 1 aromatic heterocycles. The lowest BCUT2D eigenvalue weighted by Gasteiger charge is -2.30. The van der Waals surface area contributed by atoms with Crippen LogP contribution in [0.25, 0.3) is 11.0 Å². The Balaban J connectivity index is 1.48. The summed E-state index contributed by atoms with van der Waals surface area (Å²) in [6.07, 6.45) is 5.00. The molecular formula is C33H41F2N5O7. The number of halogens is 2. The number of rotatable bonds is 5. The van der Waals surface area contributed by atoms with Crippen LogP contribution in [-0.4, -0.2) is 79.7 Å². The van der Waals surface area contributed by atoms with Crippen molar-refractivity contribution in [1.82, 2.24) is 25.5 Å². The summed E-state index contributed by atoms with van der Waals surface area (Å²) >= 11 is 0. The van der Waals surface area contributed by atoms with Crippen molar-refractivity contribution < 1.29 is 42.5 Å². The summed E-state index contributed by atoms with van der Waals surface area (Å²) < 4.78 is 40.9. The number of allylic oxidation sites excluding steroid dienone is 1. The number of alkyl halides is 2. The van der Waals surface area contributed by atoms with Crippen LogP contribution < -0.4 is 15.4 Å². The SMILES string of the molecule is CC(C)(C)OC(=O)N[C@H]1CCCCC/C=C\C2C[C@@]2(C(=O)O)NC(=O)[C@@H]2C[C@@H](Oc3nc4ccccc4nc3C(C)(F)F)CN2C1=O. The lowest BCUT2D eigenvalue weighted by Crippen LogP contribution is -2.56. The zero-order valence-corrected chi connectivity index (χ0v) is 26.9. The van der Waals surface area contributed by atoms with Gasteiger partial charge in [0.05, 0.1) is 17.6 Å². The molecule has 1 saturated carbocycles. The van der Waals surface area contributed by atoms with Crippen LogP contribution in [0.4, 0.5) is 13.6 Å². The van der Waals surface area contributed by atoms with E-state index in [1.54, 1.807) is 51.1 Å². The summed E-state index contributed by atoms with van der Waals surface area (Å²) in [7, 11) is 0. The van der Waals surface area contributed by atoms with Gasteiger partial charge in [-0.1, -0.05) is 37.1 Å². The van der Waals surface area contributed by atoms with Gasteiger partial charge in [-0.25, -0.2) is 19.6 Å². The molecule has 3 heterocycles. The summed E-state index contributed by atoms with van der Waals surface area (Å²) in [4.78, 5) is 62.7. The number of nitrogens with one attached hydrogen (secondary N) is 2. The molecule has 12 nitrogen and oxygen atoms in total. The summed E-state index contributed by atoms with van der Waals surface area (Å²) in [5.41, 5.74) is -2.50. The highest BCUT2D eigenvalue weighted by Crippen LogP contribution is 2.45. The molecule has 3 aliphatic rings. The molecule has 2 aliphatic heterocycles. The third kappa shape index (κ3) is 7.79. The topological polar surface area (TPSA) is 160 Å². The number of ether oxygens (including phenoxy) is 2. The summed E-state index contributed by atoms with van der Waals surface area (Å²) in [6.45, 7) is 5.53. The second-order valence-electron chi connectivity index (χ2n) is 13.6. The molecule has 14 heteroatoms. The highest BCUT2D eigenvalue weighted by Gasteiger charge is 2.61. The number of fused-ring (bicyclic) bond motifs is 3. The van der Waals surface area contributed by atoms with Gasteiger partial charge in [0.25, 0.3) is 5.92 Å². The first-order valence-corrected chi connectivity index (χ1v) is 15.9. The second-order valence-corrected chi connectivity index (χ2v) is 13.6. The van der Waals surface area contributed by atoms with Crippen LogP contribution in [0, 0.1) is 5.92 Å². The molecule has 0 bridgehead atoms. The minimum absolute atomic E-state index is 0.143.